The summed E-state index contributed by atoms with van der Waals surface area (Å²) in [7, 11) is -1.82. The van der Waals surface area contributed by atoms with Crippen molar-refractivity contribution in [3.05, 3.63) is 186 Å². The molecule has 0 saturated carbocycles. The van der Waals surface area contributed by atoms with Gasteiger partial charge in [0.15, 0.2) is 26.3 Å². The zero-order valence-electron chi connectivity index (χ0n) is 23.1. The first kappa shape index (κ1) is 28.3. The second-order valence-corrected chi connectivity index (χ2v) is 13.3. The molecule has 0 radical (unpaired) electrons. The minimum absolute atomic E-state index is 0.00367. The Kier molecular flexibility index (Phi) is 8.55. The SMILES string of the molecule is O=C(c1ccccc1)c1ccc(S(=O)c2ccc([S+](c3ccccc3)c3ccc(C(=O)c4ccccc4)cc3)cc2)cc1. The van der Waals surface area contributed by atoms with Crippen LogP contribution in [-0.2, 0) is 21.7 Å². The van der Waals surface area contributed by atoms with Gasteiger partial charge in [-0.25, -0.2) is 4.21 Å². The van der Waals surface area contributed by atoms with Gasteiger partial charge in [0.2, 0.25) is 0 Å². The predicted octanol–water partition coefficient (Wildman–Crippen LogP) is 8.41. The molecule has 0 aliphatic heterocycles. The lowest BCUT2D eigenvalue weighted by Gasteiger charge is -2.10. The predicted molar refractivity (Wildman–Crippen MR) is 172 cm³/mol. The molecular weight excluding hydrogens is 569 g/mol. The van der Waals surface area contributed by atoms with Gasteiger partial charge in [-0.3, -0.25) is 9.59 Å². The van der Waals surface area contributed by atoms with Crippen LogP contribution < -0.4 is 0 Å². The standard InChI is InChI=1S/C38H27O3S2/c39-37(28-10-4-1-5-11-28)30-16-20-33(21-17-30)42(32-14-8-3-9-15-32)34-24-26-36(27-25-34)43(41)35-22-18-31(19-23-35)38(40)29-12-6-2-7-13-29/h1-27H/q+1. The summed E-state index contributed by atoms with van der Waals surface area (Å²) >= 11 is 0. The first-order valence-corrected chi connectivity index (χ1v) is 16.2. The first-order chi connectivity index (χ1) is 21.1. The van der Waals surface area contributed by atoms with E-state index in [0.29, 0.717) is 32.0 Å². The van der Waals surface area contributed by atoms with E-state index in [-0.39, 0.29) is 11.6 Å². The fourth-order valence-electron chi connectivity index (χ4n) is 4.78. The van der Waals surface area contributed by atoms with Crippen molar-refractivity contribution in [2.75, 3.05) is 0 Å². The number of rotatable bonds is 9. The van der Waals surface area contributed by atoms with Gasteiger partial charge in [-0.05, 0) is 84.9 Å². The van der Waals surface area contributed by atoms with Crippen LogP contribution in [0.4, 0.5) is 0 Å². The van der Waals surface area contributed by atoms with Gasteiger partial charge in [0, 0.05) is 32.0 Å². The van der Waals surface area contributed by atoms with Crippen LogP contribution >= 0.6 is 0 Å². The van der Waals surface area contributed by atoms with E-state index in [1.54, 1.807) is 36.4 Å². The Balaban J connectivity index is 1.24. The molecule has 208 valence electrons. The molecule has 2 atom stereocenters. The molecule has 0 aliphatic rings. The lowest BCUT2D eigenvalue weighted by Crippen LogP contribution is -2.06. The van der Waals surface area contributed by atoms with E-state index in [0.717, 1.165) is 14.7 Å². The maximum atomic E-state index is 13.4. The summed E-state index contributed by atoms with van der Waals surface area (Å²) in [5, 5.41) is 0. The van der Waals surface area contributed by atoms with Crippen molar-refractivity contribution in [1.29, 1.82) is 0 Å². The third-order valence-corrected chi connectivity index (χ3v) is 10.6. The van der Waals surface area contributed by atoms with Gasteiger partial charge in [-0.1, -0.05) is 78.9 Å². The van der Waals surface area contributed by atoms with Gasteiger partial charge in [0.25, 0.3) is 0 Å². The van der Waals surface area contributed by atoms with E-state index in [4.69, 9.17) is 0 Å². The van der Waals surface area contributed by atoms with Crippen molar-refractivity contribution in [1.82, 2.24) is 0 Å². The third-order valence-electron chi connectivity index (χ3n) is 7.01. The summed E-state index contributed by atoms with van der Waals surface area (Å²) < 4.78 is 13.4. The Labute approximate surface area is 256 Å². The van der Waals surface area contributed by atoms with Crippen LogP contribution in [0, 0.1) is 0 Å². The molecule has 0 fully saturated rings. The molecule has 3 nitrogen and oxygen atoms in total. The van der Waals surface area contributed by atoms with Crippen LogP contribution in [0.25, 0.3) is 0 Å². The van der Waals surface area contributed by atoms with Gasteiger partial charge in [-0.2, -0.15) is 0 Å². The maximum Gasteiger partial charge on any atom is 0.193 e. The number of carbonyl (C=O) groups excluding carboxylic acids is 2. The van der Waals surface area contributed by atoms with Crippen LogP contribution in [-0.4, -0.2) is 15.8 Å². The molecule has 0 bridgehead atoms. The average Bonchev–Trinajstić information content (AvgIpc) is 3.09. The number of carbonyl (C=O) groups is 2. The van der Waals surface area contributed by atoms with E-state index in [1.807, 2.05) is 115 Å². The van der Waals surface area contributed by atoms with Gasteiger partial charge in [0.1, 0.15) is 0 Å². The second kappa shape index (κ2) is 13.0. The number of hydrogen-bond donors (Lipinski definition) is 0. The Morgan fingerprint density at radius 3 is 1.12 bits per heavy atom. The van der Waals surface area contributed by atoms with E-state index < -0.39 is 21.7 Å². The molecule has 43 heavy (non-hydrogen) atoms. The highest BCUT2D eigenvalue weighted by Crippen LogP contribution is 2.32. The molecular formula is C38H27O3S2+. The fourth-order valence-corrected chi connectivity index (χ4v) is 7.89. The number of benzene rings is 6. The summed E-state index contributed by atoms with van der Waals surface area (Å²) in [6.45, 7) is 0. The molecule has 0 aromatic heterocycles. The minimum Gasteiger partial charge on any atom is -0.289 e. The monoisotopic (exact) mass is 595 g/mol. The normalized spacial score (nSPS) is 12.3. The molecule has 6 aromatic carbocycles. The van der Waals surface area contributed by atoms with Crippen molar-refractivity contribution >= 4 is 33.3 Å². The van der Waals surface area contributed by atoms with Crippen LogP contribution in [0.15, 0.2) is 188 Å². The van der Waals surface area contributed by atoms with Gasteiger partial charge in [-0.15, -0.1) is 0 Å². The third kappa shape index (κ3) is 6.33. The molecule has 6 aromatic rings. The first-order valence-electron chi connectivity index (χ1n) is 13.8. The lowest BCUT2D eigenvalue weighted by molar-refractivity contribution is 0.103. The smallest absolute Gasteiger partial charge is 0.193 e. The van der Waals surface area contributed by atoms with E-state index in [2.05, 4.69) is 12.1 Å². The highest BCUT2D eigenvalue weighted by molar-refractivity contribution is 7.97. The summed E-state index contributed by atoms with van der Waals surface area (Å²) in [6, 6.07) is 51.4. The van der Waals surface area contributed by atoms with E-state index >= 15 is 0 Å². The largest absolute Gasteiger partial charge is 0.289 e. The lowest BCUT2D eigenvalue weighted by atomic mass is 10.0. The Hall–Kier alpha value is -4.84. The van der Waals surface area contributed by atoms with Gasteiger partial charge in [0.05, 0.1) is 21.7 Å². The summed E-state index contributed by atoms with van der Waals surface area (Å²) in [4.78, 5) is 30.4. The minimum atomic E-state index is -1.40. The molecule has 0 spiro atoms. The zero-order chi connectivity index (χ0) is 29.6. The summed E-state index contributed by atoms with van der Waals surface area (Å²) in [6.07, 6.45) is 0. The molecule has 6 rings (SSSR count). The number of ketones is 2. The van der Waals surface area contributed by atoms with Crippen LogP contribution in [0.5, 0.6) is 0 Å². The maximum absolute atomic E-state index is 13.4. The average molecular weight is 596 g/mol. The highest BCUT2D eigenvalue weighted by Gasteiger charge is 2.29. The highest BCUT2D eigenvalue weighted by atomic mass is 32.2. The van der Waals surface area contributed by atoms with Crippen molar-refractivity contribution in [3.8, 4) is 0 Å². The van der Waals surface area contributed by atoms with Crippen molar-refractivity contribution < 1.29 is 13.8 Å². The van der Waals surface area contributed by atoms with Crippen molar-refractivity contribution in [3.63, 3.8) is 0 Å². The van der Waals surface area contributed by atoms with Crippen LogP contribution in [0.2, 0.25) is 0 Å². The van der Waals surface area contributed by atoms with Gasteiger partial charge >= 0.3 is 0 Å². The van der Waals surface area contributed by atoms with Crippen molar-refractivity contribution in [2.45, 2.75) is 24.5 Å². The Bertz CT molecular complexity index is 1870. The Morgan fingerprint density at radius 1 is 0.372 bits per heavy atom. The summed E-state index contributed by atoms with van der Waals surface area (Å²) in [5.74, 6) is -0.0660. The zero-order valence-corrected chi connectivity index (χ0v) is 24.8. The summed E-state index contributed by atoms with van der Waals surface area (Å²) in [5.41, 5.74) is 2.50. The molecule has 0 aliphatic carbocycles. The second-order valence-electron chi connectivity index (χ2n) is 9.80. The molecule has 5 heteroatoms. The molecule has 0 N–H and O–H groups in total. The molecule has 0 amide bonds. The quantitative estimate of drug-likeness (QED) is 0.125. The number of hydrogen-bond acceptors (Lipinski definition) is 3. The topological polar surface area (TPSA) is 51.2 Å². The molecule has 2 unspecified atom stereocenters. The van der Waals surface area contributed by atoms with E-state index in [1.165, 1.54) is 0 Å². The Morgan fingerprint density at radius 2 is 0.674 bits per heavy atom. The van der Waals surface area contributed by atoms with Crippen molar-refractivity contribution in [2.24, 2.45) is 0 Å². The van der Waals surface area contributed by atoms with E-state index in [9.17, 15) is 13.8 Å². The fraction of sp³-hybridized carbons (Fsp3) is 0. The van der Waals surface area contributed by atoms with Crippen LogP contribution in [0.3, 0.4) is 0 Å². The van der Waals surface area contributed by atoms with Gasteiger partial charge < -0.3 is 0 Å². The molecule has 0 heterocycles. The van der Waals surface area contributed by atoms with Crippen LogP contribution in [0.1, 0.15) is 31.8 Å². The molecule has 0 saturated heterocycles.